The minimum atomic E-state index is -0.688. The van der Waals surface area contributed by atoms with Gasteiger partial charge in [0.05, 0.1) is 25.4 Å². The summed E-state index contributed by atoms with van der Waals surface area (Å²) < 4.78 is 12.0. The summed E-state index contributed by atoms with van der Waals surface area (Å²) in [5, 5.41) is 2.44. The Hall–Kier alpha value is -2.67. The Morgan fingerprint density at radius 1 is 1.25 bits per heavy atom. The van der Waals surface area contributed by atoms with E-state index in [1.54, 1.807) is 7.11 Å². The summed E-state index contributed by atoms with van der Waals surface area (Å²) in [5.74, 6) is 0.579. The lowest BCUT2D eigenvalue weighted by molar-refractivity contribution is -0.149. The molecular formula is C21H24N2O4S. The highest BCUT2D eigenvalue weighted by Crippen LogP contribution is 2.32. The van der Waals surface area contributed by atoms with Crippen LogP contribution < -0.4 is 10.3 Å². The van der Waals surface area contributed by atoms with Gasteiger partial charge in [-0.25, -0.2) is 9.78 Å². The van der Waals surface area contributed by atoms with Crippen molar-refractivity contribution in [2.75, 3.05) is 13.7 Å². The quantitative estimate of drug-likeness (QED) is 0.554. The molecule has 0 N–H and O–H groups in total. The molecule has 6 nitrogen and oxygen atoms in total. The average molecular weight is 401 g/mol. The van der Waals surface area contributed by atoms with E-state index >= 15 is 0 Å². The summed E-state index contributed by atoms with van der Waals surface area (Å²) in [6, 6.07) is 6.83. The van der Waals surface area contributed by atoms with Gasteiger partial charge in [-0.1, -0.05) is 32.9 Å². The summed E-state index contributed by atoms with van der Waals surface area (Å²) in [5.41, 5.74) is 1.48. The van der Waals surface area contributed by atoms with Gasteiger partial charge in [0.2, 0.25) is 0 Å². The number of esters is 1. The van der Waals surface area contributed by atoms with E-state index in [9.17, 15) is 9.59 Å². The molecule has 3 rings (SSSR count). The Bertz CT molecular complexity index is 1020. The number of carbonyl (C=O) groups is 1. The van der Waals surface area contributed by atoms with E-state index in [-0.39, 0.29) is 11.5 Å². The van der Waals surface area contributed by atoms with Gasteiger partial charge in [-0.05, 0) is 30.0 Å². The maximum Gasteiger partial charge on any atom is 0.329 e. The average Bonchev–Trinajstić information content (AvgIpc) is 3.13. The second-order valence-electron chi connectivity index (χ2n) is 6.96. The first kappa shape index (κ1) is 20.1. The highest BCUT2D eigenvalue weighted by molar-refractivity contribution is 7.17. The van der Waals surface area contributed by atoms with Gasteiger partial charge in [-0.3, -0.25) is 9.36 Å². The van der Waals surface area contributed by atoms with Gasteiger partial charge in [0.25, 0.3) is 5.56 Å². The summed E-state index contributed by atoms with van der Waals surface area (Å²) in [4.78, 5) is 30.8. The highest BCUT2D eigenvalue weighted by Gasteiger charge is 2.24. The van der Waals surface area contributed by atoms with E-state index in [0.717, 1.165) is 16.9 Å². The maximum atomic E-state index is 13.2. The van der Waals surface area contributed by atoms with E-state index in [1.165, 1.54) is 22.2 Å². The molecule has 0 fully saturated rings. The molecule has 0 amide bonds. The minimum Gasteiger partial charge on any atom is -0.497 e. The molecule has 0 aliphatic carbocycles. The third-order valence-electron chi connectivity index (χ3n) is 4.47. The number of aromatic nitrogens is 2. The number of benzene rings is 1. The summed E-state index contributed by atoms with van der Waals surface area (Å²) >= 11 is 1.41. The minimum absolute atomic E-state index is 0.231. The van der Waals surface area contributed by atoms with Crippen LogP contribution in [0.25, 0.3) is 21.3 Å². The zero-order chi connectivity index (χ0) is 20.3. The topological polar surface area (TPSA) is 70.4 Å². The van der Waals surface area contributed by atoms with Gasteiger partial charge in [0, 0.05) is 10.9 Å². The molecule has 0 aliphatic heterocycles. The molecule has 0 aliphatic rings. The number of carbonyl (C=O) groups excluding carboxylic acids is 1. The molecule has 2 aromatic heterocycles. The van der Waals surface area contributed by atoms with Crippen LogP contribution in [0.5, 0.6) is 5.75 Å². The third-order valence-corrected chi connectivity index (χ3v) is 5.36. The van der Waals surface area contributed by atoms with Crippen molar-refractivity contribution in [1.29, 1.82) is 0 Å². The Morgan fingerprint density at radius 3 is 2.57 bits per heavy atom. The van der Waals surface area contributed by atoms with E-state index in [4.69, 9.17) is 9.47 Å². The predicted molar refractivity (Wildman–Crippen MR) is 111 cm³/mol. The lowest BCUT2D eigenvalue weighted by Gasteiger charge is -2.17. The molecule has 0 saturated heterocycles. The van der Waals surface area contributed by atoms with Gasteiger partial charge in [0.15, 0.2) is 0 Å². The number of nitrogens with zero attached hydrogens (tertiary/aromatic N) is 2. The zero-order valence-corrected chi connectivity index (χ0v) is 17.3. The highest BCUT2D eigenvalue weighted by atomic mass is 32.1. The normalized spacial score (nSPS) is 12.3. The number of thiophene rings is 1. The fourth-order valence-electron chi connectivity index (χ4n) is 2.97. The number of ether oxygens (including phenoxy) is 2. The molecule has 0 saturated carbocycles. The second kappa shape index (κ2) is 8.56. The Labute approximate surface area is 167 Å². The van der Waals surface area contributed by atoms with Crippen LogP contribution >= 0.6 is 11.3 Å². The van der Waals surface area contributed by atoms with E-state index in [2.05, 4.69) is 4.98 Å². The molecule has 148 valence electrons. The number of methoxy groups -OCH3 is 1. The van der Waals surface area contributed by atoms with Crippen LogP contribution in [0, 0.1) is 5.92 Å². The third kappa shape index (κ3) is 3.94. The van der Waals surface area contributed by atoms with E-state index < -0.39 is 12.0 Å². The van der Waals surface area contributed by atoms with Crippen molar-refractivity contribution in [3.05, 3.63) is 46.3 Å². The molecule has 0 unspecified atom stereocenters. The number of rotatable bonds is 7. The lowest BCUT2D eigenvalue weighted by Crippen LogP contribution is -2.31. The van der Waals surface area contributed by atoms with Crippen LogP contribution in [0.4, 0.5) is 0 Å². The van der Waals surface area contributed by atoms with Gasteiger partial charge in [0.1, 0.15) is 16.6 Å². The van der Waals surface area contributed by atoms with Crippen molar-refractivity contribution in [1.82, 2.24) is 9.55 Å². The van der Waals surface area contributed by atoms with Crippen LogP contribution in [0.15, 0.2) is 40.8 Å². The number of fused-ring (bicyclic) bond motifs is 1. The molecule has 7 heteroatoms. The van der Waals surface area contributed by atoms with Gasteiger partial charge >= 0.3 is 5.97 Å². The number of hydrogen-bond acceptors (Lipinski definition) is 6. The monoisotopic (exact) mass is 400 g/mol. The molecule has 1 atom stereocenters. The Morgan fingerprint density at radius 2 is 1.96 bits per heavy atom. The lowest BCUT2D eigenvalue weighted by atomic mass is 10.1. The number of hydrogen-bond donors (Lipinski definition) is 0. The van der Waals surface area contributed by atoms with Crippen molar-refractivity contribution in [2.45, 2.75) is 33.2 Å². The first-order chi connectivity index (χ1) is 13.5. The molecule has 0 spiro atoms. The predicted octanol–water partition coefficient (Wildman–Crippen LogP) is 4.28. The summed E-state index contributed by atoms with van der Waals surface area (Å²) in [6.07, 6.45) is 1.90. The maximum absolute atomic E-state index is 13.2. The van der Waals surface area contributed by atoms with Crippen molar-refractivity contribution >= 4 is 27.5 Å². The molecule has 0 bridgehead atoms. The molecule has 1 aromatic carbocycles. The van der Waals surface area contributed by atoms with E-state index in [1.807, 2.05) is 50.4 Å². The molecule has 2 heterocycles. The fraction of sp³-hybridized carbons (Fsp3) is 0.381. The van der Waals surface area contributed by atoms with E-state index in [0.29, 0.717) is 23.2 Å². The van der Waals surface area contributed by atoms with Crippen molar-refractivity contribution in [2.24, 2.45) is 5.92 Å². The van der Waals surface area contributed by atoms with Gasteiger partial charge in [-0.15, -0.1) is 11.3 Å². The van der Waals surface area contributed by atoms with Crippen molar-refractivity contribution in [3.8, 4) is 16.9 Å². The Balaban J connectivity index is 2.04. The standard InChI is InChI=1S/C21H24N2O4S/c1-5-17(21(25)27-10-13(2)3)23-12-22-19-18(20(23)24)16(11-28-19)14-6-8-15(26-4)9-7-14/h6-9,11-13,17H,5,10H2,1-4H3/t17-/m0/s1. The van der Waals surface area contributed by atoms with Crippen LogP contribution in [0.1, 0.15) is 33.2 Å². The van der Waals surface area contributed by atoms with Crippen LogP contribution in [0.2, 0.25) is 0 Å². The van der Waals surface area contributed by atoms with Crippen molar-refractivity contribution < 1.29 is 14.3 Å². The molecule has 3 aromatic rings. The van der Waals surface area contributed by atoms with Crippen LogP contribution in [-0.2, 0) is 9.53 Å². The summed E-state index contributed by atoms with van der Waals surface area (Å²) in [7, 11) is 1.61. The largest absolute Gasteiger partial charge is 0.497 e. The van der Waals surface area contributed by atoms with Crippen LogP contribution in [0.3, 0.4) is 0 Å². The SMILES string of the molecule is CC[C@@H](C(=O)OCC(C)C)n1cnc2scc(-c3ccc(OC)cc3)c2c1=O. The second-order valence-corrected chi connectivity index (χ2v) is 7.82. The first-order valence-corrected chi connectivity index (χ1v) is 10.1. The molecular weight excluding hydrogens is 376 g/mol. The zero-order valence-electron chi connectivity index (χ0n) is 16.5. The van der Waals surface area contributed by atoms with Gasteiger partial charge in [-0.2, -0.15) is 0 Å². The van der Waals surface area contributed by atoms with Crippen LogP contribution in [-0.4, -0.2) is 29.2 Å². The molecule has 0 radical (unpaired) electrons. The van der Waals surface area contributed by atoms with Gasteiger partial charge < -0.3 is 9.47 Å². The summed E-state index contributed by atoms with van der Waals surface area (Å²) in [6.45, 7) is 6.13. The van der Waals surface area contributed by atoms with Crippen molar-refractivity contribution in [3.63, 3.8) is 0 Å². The smallest absolute Gasteiger partial charge is 0.329 e. The molecule has 28 heavy (non-hydrogen) atoms. The fourth-order valence-corrected chi connectivity index (χ4v) is 3.88. The first-order valence-electron chi connectivity index (χ1n) is 9.25. The Kier molecular flexibility index (Phi) is 6.14.